The zero-order valence-electron chi connectivity index (χ0n) is 15.0. The van der Waals surface area contributed by atoms with E-state index in [1.54, 1.807) is 24.3 Å². The van der Waals surface area contributed by atoms with Crippen LogP contribution in [0.2, 0.25) is 0 Å². The van der Waals surface area contributed by atoms with Crippen molar-refractivity contribution < 1.29 is 14.3 Å². The minimum atomic E-state index is -0.410. The first-order chi connectivity index (χ1) is 12.6. The largest absolute Gasteiger partial charge is 0.427 e. The fourth-order valence-corrected chi connectivity index (χ4v) is 3.14. The maximum Gasteiger partial charge on any atom is 0.308 e. The Bertz CT molecular complexity index is 765. The molecule has 1 N–H and O–H groups in total. The molecule has 0 bridgehead atoms. The average Bonchev–Trinajstić information content (AvgIpc) is 2.64. The number of hydrogen-bond acceptors (Lipinski definition) is 4. The molecule has 1 amide bonds. The summed E-state index contributed by atoms with van der Waals surface area (Å²) in [7, 11) is 0. The van der Waals surface area contributed by atoms with Crippen molar-refractivity contribution >= 4 is 17.6 Å². The van der Waals surface area contributed by atoms with E-state index in [9.17, 15) is 9.59 Å². The molecule has 0 aliphatic carbocycles. The summed E-state index contributed by atoms with van der Waals surface area (Å²) in [6.45, 7) is 4.62. The summed E-state index contributed by atoms with van der Waals surface area (Å²) in [5.41, 5.74) is 2.44. The van der Waals surface area contributed by atoms with Crippen LogP contribution in [0.1, 0.15) is 42.1 Å². The lowest BCUT2D eigenvalue weighted by Gasteiger charge is -2.26. The number of benzene rings is 2. The van der Waals surface area contributed by atoms with Crippen LogP contribution in [0.3, 0.4) is 0 Å². The molecule has 0 spiro atoms. The predicted molar refractivity (Wildman–Crippen MR) is 101 cm³/mol. The summed E-state index contributed by atoms with van der Waals surface area (Å²) in [6, 6.07) is 14.5. The van der Waals surface area contributed by atoms with E-state index in [2.05, 4.69) is 22.3 Å². The number of nitrogens with zero attached hydrogens (tertiary/aromatic N) is 1. The Labute approximate surface area is 154 Å². The maximum atomic E-state index is 12.4. The summed E-state index contributed by atoms with van der Waals surface area (Å²) < 4.78 is 5.02. The average molecular weight is 352 g/mol. The van der Waals surface area contributed by atoms with E-state index in [1.165, 1.54) is 31.7 Å². The molecule has 1 fully saturated rings. The number of likely N-dealkylation sites (tertiary alicyclic amines) is 1. The first kappa shape index (κ1) is 18.1. The molecular weight excluding hydrogens is 328 g/mol. The summed E-state index contributed by atoms with van der Waals surface area (Å²) in [6.07, 6.45) is 3.89. The highest BCUT2D eigenvalue weighted by molar-refractivity contribution is 6.04. The lowest BCUT2D eigenvalue weighted by atomic mass is 10.1. The number of ether oxygens (including phenoxy) is 1. The Morgan fingerprint density at radius 1 is 1.04 bits per heavy atom. The van der Waals surface area contributed by atoms with Crippen molar-refractivity contribution in [1.29, 1.82) is 0 Å². The SMILES string of the molecule is CC(=O)Oc1cccc(C(=O)Nc2ccc(CN3CCCCC3)cc2)c1. The molecule has 0 unspecified atom stereocenters. The Morgan fingerprint density at radius 3 is 2.46 bits per heavy atom. The van der Waals surface area contributed by atoms with Gasteiger partial charge in [0.15, 0.2) is 0 Å². The maximum absolute atomic E-state index is 12.4. The van der Waals surface area contributed by atoms with Crippen LogP contribution in [-0.2, 0) is 11.3 Å². The van der Waals surface area contributed by atoms with Gasteiger partial charge in [0.05, 0.1) is 0 Å². The molecule has 3 rings (SSSR count). The standard InChI is InChI=1S/C21H24N2O3/c1-16(24)26-20-7-5-6-18(14-20)21(25)22-19-10-8-17(9-11-19)15-23-12-3-2-4-13-23/h5-11,14H,2-4,12-13,15H2,1H3,(H,22,25). The summed E-state index contributed by atoms with van der Waals surface area (Å²) >= 11 is 0. The van der Waals surface area contributed by atoms with E-state index in [0.29, 0.717) is 11.3 Å². The summed E-state index contributed by atoms with van der Waals surface area (Å²) in [4.78, 5) is 25.9. The van der Waals surface area contributed by atoms with Gasteiger partial charge in [-0.1, -0.05) is 24.6 Å². The van der Waals surface area contributed by atoms with Crippen LogP contribution in [-0.4, -0.2) is 29.9 Å². The van der Waals surface area contributed by atoms with Crippen LogP contribution in [0.5, 0.6) is 5.75 Å². The molecule has 1 heterocycles. The van der Waals surface area contributed by atoms with E-state index in [1.807, 2.05) is 12.1 Å². The normalized spacial score (nSPS) is 14.7. The third-order valence-corrected chi connectivity index (χ3v) is 4.42. The number of piperidine rings is 1. The quantitative estimate of drug-likeness (QED) is 0.656. The summed E-state index contributed by atoms with van der Waals surface area (Å²) in [5, 5.41) is 2.88. The van der Waals surface area contributed by atoms with Crippen molar-refractivity contribution in [3.63, 3.8) is 0 Å². The molecule has 0 aromatic heterocycles. The van der Waals surface area contributed by atoms with E-state index in [4.69, 9.17) is 4.74 Å². The van der Waals surface area contributed by atoms with Crippen molar-refractivity contribution in [3.8, 4) is 5.75 Å². The Morgan fingerprint density at radius 2 is 1.77 bits per heavy atom. The molecular formula is C21H24N2O3. The van der Waals surface area contributed by atoms with Gasteiger partial charge in [0.25, 0.3) is 5.91 Å². The van der Waals surface area contributed by atoms with Gasteiger partial charge in [0, 0.05) is 24.7 Å². The van der Waals surface area contributed by atoms with E-state index in [-0.39, 0.29) is 5.91 Å². The van der Waals surface area contributed by atoms with E-state index in [0.717, 1.165) is 25.3 Å². The Kier molecular flexibility index (Phi) is 6.02. The molecule has 26 heavy (non-hydrogen) atoms. The Hall–Kier alpha value is -2.66. The second-order valence-corrected chi connectivity index (χ2v) is 6.61. The highest BCUT2D eigenvalue weighted by Crippen LogP contribution is 2.18. The van der Waals surface area contributed by atoms with Gasteiger partial charge in [0.1, 0.15) is 5.75 Å². The molecule has 0 radical (unpaired) electrons. The van der Waals surface area contributed by atoms with Gasteiger partial charge in [-0.3, -0.25) is 14.5 Å². The van der Waals surface area contributed by atoms with Crippen molar-refractivity contribution in [1.82, 2.24) is 4.90 Å². The number of anilines is 1. The van der Waals surface area contributed by atoms with Gasteiger partial charge in [-0.05, 0) is 61.8 Å². The molecule has 0 saturated carbocycles. The predicted octanol–water partition coefficient (Wildman–Crippen LogP) is 3.85. The number of rotatable bonds is 5. The topological polar surface area (TPSA) is 58.6 Å². The molecule has 5 heteroatoms. The lowest BCUT2D eigenvalue weighted by Crippen LogP contribution is -2.29. The fraction of sp³-hybridized carbons (Fsp3) is 0.333. The third-order valence-electron chi connectivity index (χ3n) is 4.42. The molecule has 2 aromatic rings. The number of esters is 1. The molecule has 0 atom stereocenters. The fourth-order valence-electron chi connectivity index (χ4n) is 3.14. The number of amides is 1. The molecule has 1 aliphatic heterocycles. The van der Waals surface area contributed by atoms with E-state index < -0.39 is 5.97 Å². The van der Waals surface area contributed by atoms with Gasteiger partial charge in [-0.15, -0.1) is 0 Å². The number of nitrogens with one attached hydrogen (secondary N) is 1. The van der Waals surface area contributed by atoms with Gasteiger partial charge in [-0.2, -0.15) is 0 Å². The van der Waals surface area contributed by atoms with Crippen molar-refractivity contribution in [2.24, 2.45) is 0 Å². The van der Waals surface area contributed by atoms with Gasteiger partial charge >= 0.3 is 5.97 Å². The minimum Gasteiger partial charge on any atom is -0.427 e. The van der Waals surface area contributed by atoms with Crippen LogP contribution in [0.25, 0.3) is 0 Å². The van der Waals surface area contributed by atoms with Crippen molar-refractivity contribution in [2.75, 3.05) is 18.4 Å². The molecule has 1 saturated heterocycles. The number of hydrogen-bond donors (Lipinski definition) is 1. The second-order valence-electron chi connectivity index (χ2n) is 6.61. The molecule has 1 aliphatic rings. The molecule has 5 nitrogen and oxygen atoms in total. The molecule has 136 valence electrons. The van der Waals surface area contributed by atoms with Gasteiger partial charge in [-0.25, -0.2) is 0 Å². The van der Waals surface area contributed by atoms with Crippen LogP contribution in [0.15, 0.2) is 48.5 Å². The van der Waals surface area contributed by atoms with Gasteiger partial charge < -0.3 is 10.1 Å². The highest BCUT2D eigenvalue weighted by Gasteiger charge is 2.11. The minimum absolute atomic E-state index is 0.234. The van der Waals surface area contributed by atoms with Crippen molar-refractivity contribution in [2.45, 2.75) is 32.7 Å². The zero-order valence-corrected chi connectivity index (χ0v) is 15.0. The number of carbonyl (C=O) groups excluding carboxylic acids is 2. The second kappa shape index (κ2) is 8.63. The zero-order chi connectivity index (χ0) is 18.4. The summed E-state index contributed by atoms with van der Waals surface area (Å²) in [5.74, 6) is -0.281. The van der Waals surface area contributed by atoms with Crippen LogP contribution < -0.4 is 10.1 Å². The third kappa shape index (κ3) is 5.17. The van der Waals surface area contributed by atoms with Crippen LogP contribution >= 0.6 is 0 Å². The van der Waals surface area contributed by atoms with Crippen LogP contribution in [0, 0.1) is 0 Å². The van der Waals surface area contributed by atoms with Crippen LogP contribution in [0.4, 0.5) is 5.69 Å². The lowest BCUT2D eigenvalue weighted by molar-refractivity contribution is -0.131. The first-order valence-electron chi connectivity index (χ1n) is 9.01. The molecule has 2 aromatic carbocycles. The first-order valence-corrected chi connectivity index (χ1v) is 9.01. The highest BCUT2D eigenvalue weighted by atomic mass is 16.5. The van der Waals surface area contributed by atoms with Crippen molar-refractivity contribution in [3.05, 3.63) is 59.7 Å². The number of carbonyl (C=O) groups is 2. The van der Waals surface area contributed by atoms with E-state index >= 15 is 0 Å². The smallest absolute Gasteiger partial charge is 0.308 e. The monoisotopic (exact) mass is 352 g/mol. The van der Waals surface area contributed by atoms with Gasteiger partial charge in [0.2, 0.25) is 0 Å². The Balaban J connectivity index is 1.59.